The molecule has 1 saturated carbocycles. The van der Waals surface area contributed by atoms with Gasteiger partial charge in [-0.25, -0.2) is 0 Å². The average Bonchev–Trinajstić information content (AvgIpc) is 3.00. The quantitative estimate of drug-likeness (QED) is 0.816. The van der Waals surface area contributed by atoms with Gasteiger partial charge < -0.3 is 10.4 Å². The Morgan fingerprint density at radius 3 is 2.71 bits per heavy atom. The number of nitrogens with one attached hydrogen (secondary N) is 1. The van der Waals surface area contributed by atoms with E-state index in [9.17, 15) is 9.90 Å². The summed E-state index contributed by atoms with van der Waals surface area (Å²) in [4.78, 5) is 15.1. The van der Waals surface area contributed by atoms with E-state index < -0.39 is 0 Å². The first-order valence-corrected chi connectivity index (χ1v) is 9.49. The van der Waals surface area contributed by atoms with E-state index in [1.165, 1.54) is 24.8 Å². The lowest BCUT2D eigenvalue weighted by Gasteiger charge is -2.24. The van der Waals surface area contributed by atoms with Gasteiger partial charge in [-0.3, -0.25) is 9.69 Å². The molecular weight excluding hydrogens is 300 g/mol. The first kappa shape index (κ1) is 17.4. The molecule has 1 heterocycles. The molecule has 1 saturated heterocycles. The van der Waals surface area contributed by atoms with Crippen molar-refractivity contribution < 1.29 is 9.90 Å². The van der Waals surface area contributed by atoms with E-state index >= 15 is 0 Å². The van der Waals surface area contributed by atoms with Gasteiger partial charge in [0, 0.05) is 30.7 Å². The summed E-state index contributed by atoms with van der Waals surface area (Å²) < 4.78 is 0. The van der Waals surface area contributed by atoms with Gasteiger partial charge in [0.2, 0.25) is 0 Å². The second-order valence-corrected chi connectivity index (χ2v) is 7.34. The van der Waals surface area contributed by atoms with E-state index in [1.807, 2.05) is 18.2 Å². The minimum absolute atomic E-state index is 0.00335. The lowest BCUT2D eigenvalue weighted by Crippen LogP contribution is -2.41. The third-order valence-corrected chi connectivity index (χ3v) is 5.50. The fraction of sp³-hybridized carbons (Fsp3) is 0.650. The molecule has 2 N–H and O–H groups in total. The molecule has 4 nitrogen and oxygen atoms in total. The number of aliphatic hydroxyl groups excluding tert-OH is 1. The maximum Gasteiger partial charge on any atom is 0.251 e. The Kier molecular flexibility index (Phi) is 6.27. The van der Waals surface area contributed by atoms with Crippen LogP contribution in [-0.4, -0.2) is 41.7 Å². The highest BCUT2D eigenvalue weighted by molar-refractivity contribution is 5.94. The number of hydrogen-bond donors (Lipinski definition) is 2. The molecule has 0 bridgehead atoms. The molecule has 0 aromatic heterocycles. The number of likely N-dealkylation sites (tertiary alicyclic amines) is 1. The van der Waals surface area contributed by atoms with Crippen LogP contribution in [0.25, 0.3) is 0 Å². The van der Waals surface area contributed by atoms with Crippen molar-refractivity contribution in [2.45, 2.75) is 57.5 Å². The largest absolute Gasteiger partial charge is 0.396 e. The molecule has 1 amide bonds. The van der Waals surface area contributed by atoms with Crippen molar-refractivity contribution in [1.82, 2.24) is 10.2 Å². The zero-order valence-electron chi connectivity index (χ0n) is 14.5. The van der Waals surface area contributed by atoms with Crippen LogP contribution in [0.3, 0.4) is 0 Å². The van der Waals surface area contributed by atoms with Crippen LogP contribution < -0.4 is 5.32 Å². The summed E-state index contributed by atoms with van der Waals surface area (Å²) in [5, 5.41) is 12.8. The molecule has 0 radical (unpaired) electrons. The van der Waals surface area contributed by atoms with Gasteiger partial charge in [0.25, 0.3) is 5.91 Å². The number of aliphatic hydroxyl groups is 1. The SMILES string of the molecule is O=C(NC1CCCCCC1CO)c1cccc(CN2CCCC2)c1. The van der Waals surface area contributed by atoms with Crippen LogP contribution in [0.2, 0.25) is 0 Å². The standard InChI is InChI=1S/C20H30N2O2/c23-15-18-8-2-1-3-10-19(18)21-20(24)17-9-6-7-16(13-17)14-22-11-4-5-12-22/h6-7,9,13,18-19,23H,1-5,8,10-12,14-15H2,(H,21,24). The highest BCUT2D eigenvalue weighted by atomic mass is 16.3. The summed E-state index contributed by atoms with van der Waals surface area (Å²) in [6.45, 7) is 3.43. The van der Waals surface area contributed by atoms with Gasteiger partial charge in [-0.2, -0.15) is 0 Å². The first-order valence-electron chi connectivity index (χ1n) is 9.49. The van der Waals surface area contributed by atoms with Crippen molar-refractivity contribution in [3.63, 3.8) is 0 Å². The van der Waals surface area contributed by atoms with Crippen molar-refractivity contribution in [2.75, 3.05) is 19.7 Å². The predicted octanol–water partition coefficient (Wildman–Crippen LogP) is 2.95. The Labute approximate surface area is 145 Å². The van der Waals surface area contributed by atoms with Gasteiger partial charge in [-0.05, 0) is 56.5 Å². The molecule has 1 aromatic rings. The molecular formula is C20H30N2O2. The molecule has 1 aliphatic heterocycles. The third kappa shape index (κ3) is 4.58. The van der Waals surface area contributed by atoms with Crippen molar-refractivity contribution >= 4 is 5.91 Å². The Morgan fingerprint density at radius 2 is 1.92 bits per heavy atom. The van der Waals surface area contributed by atoms with Gasteiger partial charge in [0.1, 0.15) is 0 Å². The zero-order chi connectivity index (χ0) is 16.8. The maximum absolute atomic E-state index is 12.7. The number of rotatable bonds is 5. The summed E-state index contributed by atoms with van der Waals surface area (Å²) in [5.41, 5.74) is 1.96. The van der Waals surface area contributed by atoms with E-state index in [-0.39, 0.29) is 24.5 Å². The average molecular weight is 330 g/mol. The maximum atomic E-state index is 12.7. The van der Waals surface area contributed by atoms with Crippen LogP contribution in [0.4, 0.5) is 0 Å². The van der Waals surface area contributed by atoms with Gasteiger partial charge >= 0.3 is 0 Å². The second-order valence-electron chi connectivity index (χ2n) is 7.34. The van der Waals surface area contributed by atoms with Crippen LogP contribution in [0, 0.1) is 5.92 Å². The second kappa shape index (κ2) is 8.63. The molecule has 2 unspecified atom stereocenters. The van der Waals surface area contributed by atoms with Crippen molar-refractivity contribution in [3.05, 3.63) is 35.4 Å². The van der Waals surface area contributed by atoms with Crippen molar-refractivity contribution in [3.8, 4) is 0 Å². The zero-order valence-corrected chi connectivity index (χ0v) is 14.5. The molecule has 3 rings (SSSR count). The van der Waals surface area contributed by atoms with Gasteiger partial charge in [-0.1, -0.05) is 31.4 Å². The van der Waals surface area contributed by atoms with Crippen LogP contribution in [-0.2, 0) is 6.54 Å². The summed E-state index contributed by atoms with van der Waals surface area (Å²) in [7, 11) is 0. The normalized spacial score (nSPS) is 25.4. The number of amides is 1. The highest BCUT2D eigenvalue weighted by Crippen LogP contribution is 2.23. The number of carbonyl (C=O) groups excluding carboxylic acids is 1. The summed E-state index contributed by atoms with van der Waals surface area (Å²) in [6.07, 6.45) is 8.04. The van der Waals surface area contributed by atoms with E-state index in [0.717, 1.165) is 50.9 Å². The predicted molar refractivity (Wildman–Crippen MR) is 95.9 cm³/mol. The summed E-state index contributed by atoms with van der Waals surface area (Å²) >= 11 is 0. The topological polar surface area (TPSA) is 52.6 Å². The number of carbonyl (C=O) groups is 1. The van der Waals surface area contributed by atoms with E-state index in [0.29, 0.717) is 0 Å². The number of nitrogens with zero attached hydrogens (tertiary/aromatic N) is 1. The van der Waals surface area contributed by atoms with Crippen LogP contribution in [0.5, 0.6) is 0 Å². The minimum atomic E-state index is 0.00335. The minimum Gasteiger partial charge on any atom is -0.396 e. The lowest BCUT2D eigenvalue weighted by molar-refractivity contribution is 0.0899. The number of hydrogen-bond acceptors (Lipinski definition) is 3. The lowest BCUT2D eigenvalue weighted by atomic mass is 9.95. The van der Waals surface area contributed by atoms with Gasteiger partial charge in [0.15, 0.2) is 0 Å². The molecule has 2 fully saturated rings. The first-order chi connectivity index (χ1) is 11.8. The third-order valence-electron chi connectivity index (χ3n) is 5.50. The molecule has 1 aliphatic carbocycles. The molecule has 2 aliphatic rings. The molecule has 24 heavy (non-hydrogen) atoms. The van der Waals surface area contributed by atoms with Gasteiger partial charge in [-0.15, -0.1) is 0 Å². The monoisotopic (exact) mass is 330 g/mol. The Hall–Kier alpha value is -1.39. The fourth-order valence-corrected chi connectivity index (χ4v) is 4.05. The number of benzene rings is 1. The van der Waals surface area contributed by atoms with Crippen LogP contribution in [0.15, 0.2) is 24.3 Å². The smallest absolute Gasteiger partial charge is 0.251 e. The summed E-state index contributed by atoms with van der Waals surface area (Å²) in [5.74, 6) is 0.202. The Balaban J connectivity index is 1.63. The highest BCUT2D eigenvalue weighted by Gasteiger charge is 2.25. The van der Waals surface area contributed by atoms with Crippen LogP contribution >= 0.6 is 0 Å². The van der Waals surface area contributed by atoms with Gasteiger partial charge in [0.05, 0.1) is 0 Å². The van der Waals surface area contributed by atoms with Crippen molar-refractivity contribution in [2.24, 2.45) is 5.92 Å². The van der Waals surface area contributed by atoms with E-state index in [2.05, 4.69) is 16.3 Å². The van der Waals surface area contributed by atoms with E-state index in [1.54, 1.807) is 0 Å². The molecule has 4 heteroatoms. The molecule has 132 valence electrons. The molecule has 0 spiro atoms. The Morgan fingerprint density at radius 1 is 1.12 bits per heavy atom. The molecule has 2 atom stereocenters. The fourth-order valence-electron chi connectivity index (χ4n) is 4.05. The molecule has 1 aromatic carbocycles. The van der Waals surface area contributed by atoms with Crippen LogP contribution in [0.1, 0.15) is 60.9 Å². The van der Waals surface area contributed by atoms with Crippen molar-refractivity contribution in [1.29, 1.82) is 0 Å². The Bertz CT molecular complexity index is 540. The summed E-state index contributed by atoms with van der Waals surface area (Å²) in [6, 6.07) is 8.12. The van der Waals surface area contributed by atoms with E-state index in [4.69, 9.17) is 0 Å².